The van der Waals surface area contributed by atoms with Crippen LogP contribution in [0.2, 0.25) is 0 Å². The van der Waals surface area contributed by atoms with Crippen LogP contribution in [-0.4, -0.2) is 31.9 Å². The third-order valence-electron chi connectivity index (χ3n) is 1.67. The fourth-order valence-corrected chi connectivity index (χ4v) is 0.811. The lowest BCUT2D eigenvalue weighted by Gasteiger charge is -2.11. The summed E-state index contributed by atoms with van der Waals surface area (Å²) in [5, 5.41) is 0. The molecule has 0 saturated carbocycles. The summed E-state index contributed by atoms with van der Waals surface area (Å²) in [5.41, 5.74) is 0. The van der Waals surface area contributed by atoms with Gasteiger partial charge in [0, 0.05) is 13.8 Å². The van der Waals surface area contributed by atoms with E-state index in [2.05, 4.69) is 4.74 Å². The first kappa shape index (κ1) is 13.9. The van der Waals surface area contributed by atoms with Gasteiger partial charge >= 0.3 is 11.9 Å². The van der Waals surface area contributed by atoms with Crippen molar-refractivity contribution in [3.8, 4) is 0 Å². The van der Waals surface area contributed by atoms with Crippen LogP contribution in [0.15, 0.2) is 0 Å². The second-order valence-corrected chi connectivity index (χ2v) is 3.36. The van der Waals surface area contributed by atoms with Gasteiger partial charge in [0.25, 0.3) is 0 Å². The largest absolute Gasteiger partial charge is 0.466 e. The molecule has 0 aliphatic rings. The van der Waals surface area contributed by atoms with Crippen molar-refractivity contribution in [2.75, 3.05) is 20.0 Å². The molecule has 0 aliphatic carbocycles. The number of carbonyl (C=O) groups excluding carboxylic acids is 2. The molecule has 0 saturated heterocycles. The monoisotopic (exact) mass is 218 g/mol. The summed E-state index contributed by atoms with van der Waals surface area (Å²) in [4.78, 5) is 20.8. The second-order valence-electron chi connectivity index (χ2n) is 3.36. The van der Waals surface area contributed by atoms with Gasteiger partial charge in [0.2, 0.25) is 0 Å². The standard InChI is InChI=1S/C10H18O5/c1-8(6-14-9(2)11)4-5-13-7-15-10(3)12/h8H,4-7H2,1-3H3. The smallest absolute Gasteiger partial charge is 0.304 e. The Hall–Kier alpha value is -1.10. The van der Waals surface area contributed by atoms with E-state index in [1.807, 2.05) is 6.92 Å². The molecular weight excluding hydrogens is 200 g/mol. The molecule has 88 valence electrons. The first-order valence-electron chi connectivity index (χ1n) is 4.87. The van der Waals surface area contributed by atoms with Crippen LogP contribution >= 0.6 is 0 Å². The fraction of sp³-hybridized carbons (Fsp3) is 0.800. The van der Waals surface area contributed by atoms with Crippen molar-refractivity contribution in [1.82, 2.24) is 0 Å². The minimum Gasteiger partial charge on any atom is -0.466 e. The molecule has 0 aromatic carbocycles. The van der Waals surface area contributed by atoms with E-state index in [1.165, 1.54) is 13.8 Å². The normalized spacial score (nSPS) is 11.9. The second kappa shape index (κ2) is 8.23. The molecule has 15 heavy (non-hydrogen) atoms. The lowest BCUT2D eigenvalue weighted by atomic mass is 10.1. The lowest BCUT2D eigenvalue weighted by Crippen LogP contribution is -2.13. The molecule has 5 nitrogen and oxygen atoms in total. The van der Waals surface area contributed by atoms with E-state index in [9.17, 15) is 9.59 Å². The van der Waals surface area contributed by atoms with Crippen LogP contribution in [0.5, 0.6) is 0 Å². The van der Waals surface area contributed by atoms with Crippen LogP contribution < -0.4 is 0 Å². The molecule has 0 bridgehead atoms. The number of esters is 2. The van der Waals surface area contributed by atoms with Crippen LogP contribution in [0.1, 0.15) is 27.2 Å². The highest BCUT2D eigenvalue weighted by Crippen LogP contribution is 2.02. The molecular formula is C10H18O5. The molecule has 0 rings (SSSR count). The average Bonchev–Trinajstić information content (AvgIpc) is 2.13. The summed E-state index contributed by atoms with van der Waals surface area (Å²) < 4.78 is 14.4. The van der Waals surface area contributed by atoms with Crippen LogP contribution in [0.3, 0.4) is 0 Å². The van der Waals surface area contributed by atoms with Gasteiger partial charge in [-0.3, -0.25) is 9.59 Å². The summed E-state index contributed by atoms with van der Waals surface area (Å²) in [5.74, 6) is -0.392. The van der Waals surface area contributed by atoms with E-state index < -0.39 is 0 Å². The maximum absolute atomic E-state index is 10.5. The summed E-state index contributed by atoms with van der Waals surface area (Å²) in [6.07, 6.45) is 0.758. The zero-order valence-corrected chi connectivity index (χ0v) is 9.45. The highest BCUT2D eigenvalue weighted by Gasteiger charge is 2.04. The Balaban J connectivity index is 3.27. The first-order valence-corrected chi connectivity index (χ1v) is 4.87. The van der Waals surface area contributed by atoms with Crippen molar-refractivity contribution in [3.05, 3.63) is 0 Å². The molecule has 0 aromatic heterocycles. The van der Waals surface area contributed by atoms with Crippen molar-refractivity contribution in [2.24, 2.45) is 5.92 Å². The predicted molar refractivity (Wildman–Crippen MR) is 53.0 cm³/mol. The minimum absolute atomic E-state index is 0.0182. The van der Waals surface area contributed by atoms with Gasteiger partial charge in [0.05, 0.1) is 13.2 Å². The molecule has 0 amide bonds. The highest BCUT2D eigenvalue weighted by molar-refractivity contribution is 5.66. The lowest BCUT2D eigenvalue weighted by molar-refractivity contribution is -0.154. The Morgan fingerprint density at radius 1 is 1.13 bits per heavy atom. The van der Waals surface area contributed by atoms with E-state index in [1.54, 1.807) is 0 Å². The molecule has 0 fully saturated rings. The first-order chi connectivity index (χ1) is 7.02. The van der Waals surface area contributed by atoms with Gasteiger partial charge in [0.15, 0.2) is 6.79 Å². The van der Waals surface area contributed by atoms with Gasteiger partial charge in [-0.15, -0.1) is 0 Å². The molecule has 5 heteroatoms. The molecule has 0 spiro atoms. The summed E-state index contributed by atoms with van der Waals surface area (Å²) in [7, 11) is 0. The van der Waals surface area contributed by atoms with E-state index in [-0.39, 0.29) is 24.6 Å². The van der Waals surface area contributed by atoms with Crippen LogP contribution in [0.25, 0.3) is 0 Å². The van der Waals surface area contributed by atoms with Gasteiger partial charge in [-0.05, 0) is 12.3 Å². The third kappa shape index (κ3) is 10.8. The number of rotatable bonds is 7. The Kier molecular flexibility index (Phi) is 7.62. The number of hydrogen-bond acceptors (Lipinski definition) is 5. The van der Waals surface area contributed by atoms with E-state index in [0.29, 0.717) is 13.2 Å². The minimum atomic E-state index is -0.358. The summed E-state index contributed by atoms with van der Waals surface area (Å²) in [6, 6.07) is 0. The van der Waals surface area contributed by atoms with Crippen LogP contribution in [-0.2, 0) is 23.8 Å². The molecule has 0 aliphatic heterocycles. The Bertz CT molecular complexity index is 202. The van der Waals surface area contributed by atoms with Gasteiger partial charge in [-0.25, -0.2) is 0 Å². The van der Waals surface area contributed by atoms with E-state index in [4.69, 9.17) is 9.47 Å². The molecule has 0 N–H and O–H groups in total. The number of hydrogen-bond donors (Lipinski definition) is 0. The maximum atomic E-state index is 10.5. The molecule has 0 heterocycles. The average molecular weight is 218 g/mol. The van der Waals surface area contributed by atoms with E-state index >= 15 is 0 Å². The van der Waals surface area contributed by atoms with Gasteiger partial charge in [-0.1, -0.05) is 6.92 Å². The molecule has 1 atom stereocenters. The molecule has 0 aromatic rings. The van der Waals surface area contributed by atoms with Crippen molar-refractivity contribution in [1.29, 1.82) is 0 Å². The van der Waals surface area contributed by atoms with Crippen molar-refractivity contribution in [2.45, 2.75) is 27.2 Å². The zero-order chi connectivity index (χ0) is 11.7. The van der Waals surface area contributed by atoms with Gasteiger partial charge in [-0.2, -0.15) is 0 Å². The van der Waals surface area contributed by atoms with Gasteiger partial charge < -0.3 is 14.2 Å². The topological polar surface area (TPSA) is 61.8 Å². The third-order valence-corrected chi connectivity index (χ3v) is 1.67. The number of carbonyl (C=O) groups is 2. The quantitative estimate of drug-likeness (QED) is 0.364. The highest BCUT2D eigenvalue weighted by atomic mass is 16.7. The summed E-state index contributed by atoms with van der Waals surface area (Å²) in [6.45, 7) is 5.52. The van der Waals surface area contributed by atoms with Crippen LogP contribution in [0, 0.1) is 5.92 Å². The zero-order valence-electron chi connectivity index (χ0n) is 9.45. The SMILES string of the molecule is CC(=O)OCOCCC(C)COC(C)=O. The Morgan fingerprint density at radius 2 is 1.73 bits per heavy atom. The van der Waals surface area contributed by atoms with Crippen LogP contribution in [0.4, 0.5) is 0 Å². The summed E-state index contributed by atoms with van der Waals surface area (Å²) >= 11 is 0. The van der Waals surface area contributed by atoms with Gasteiger partial charge in [0.1, 0.15) is 0 Å². The number of ether oxygens (including phenoxy) is 3. The van der Waals surface area contributed by atoms with Crippen molar-refractivity contribution >= 4 is 11.9 Å². The fourth-order valence-electron chi connectivity index (χ4n) is 0.811. The predicted octanol–water partition coefficient (Wildman–Crippen LogP) is 1.11. The maximum Gasteiger partial charge on any atom is 0.304 e. The van der Waals surface area contributed by atoms with E-state index in [0.717, 1.165) is 6.42 Å². The Labute approximate surface area is 89.7 Å². The van der Waals surface area contributed by atoms with Crippen molar-refractivity contribution < 1.29 is 23.8 Å². The molecule has 1 unspecified atom stereocenters. The Morgan fingerprint density at radius 3 is 2.27 bits per heavy atom. The molecule has 0 radical (unpaired) electrons. The van der Waals surface area contributed by atoms with Crippen molar-refractivity contribution in [3.63, 3.8) is 0 Å².